The minimum atomic E-state index is -0.640. The van der Waals surface area contributed by atoms with Gasteiger partial charge in [0.25, 0.3) is 0 Å². The molecule has 22 heavy (non-hydrogen) atoms. The normalized spacial score (nSPS) is 19.1. The van der Waals surface area contributed by atoms with E-state index in [9.17, 15) is 14.0 Å². The summed E-state index contributed by atoms with van der Waals surface area (Å²) in [5, 5.41) is 2.84. The van der Waals surface area contributed by atoms with Gasteiger partial charge in [-0.25, -0.2) is 9.18 Å². The minimum absolute atomic E-state index is 0.108. The predicted molar refractivity (Wildman–Crippen MR) is 82.3 cm³/mol. The van der Waals surface area contributed by atoms with Gasteiger partial charge in [0.15, 0.2) is 0 Å². The number of hydrogen-bond donors (Lipinski definition) is 2. The van der Waals surface area contributed by atoms with Crippen molar-refractivity contribution in [2.75, 3.05) is 6.54 Å². The fourth-order valence-corrected chi connectivity index (χ4v) is 3.09. The van der Waals surface area contributed by atoms with Crippen LogP contribution in [-0.2, 0) is 4.79 Å². The molecule has 0 spiro atoms. The zero-order valence-electron chi connectivity index (χ0n) is 11.9. The molecule has 120 valence electrons. The first kappa shape index (κ1) is 16.8. The van der Waals surface area contributed by atoms with Crippen LogP contribution in [-0.4, -0.2) is 29.4 Å². The van der Waals surface area contributed by atoms with Crippen LogP contribution in [0.3, 0.4) is 0 Å². The van der Waals surface area contributed by atoms with Crippen LogP contribution in [0.2, 0.25) is 10.0 Å². The minimum Gasteiger partial charge on any atom is -0.351 e. The van der Waals surface area contributed by atoms with Crippen LogP contribution < -0.4 is 11.1 Å². The van der Waals surface area contributed by atoms with Crippen molar-refractivity contribution in [2.24, 2.45) is 5.73 Å². The quantitative estimate of drug-likeness (QED) is 0.825. The molecule has 3 N–H and O–H groups in total. The van der Waals surface area contributed by atoms with Gasteiger partial charge < -0.3 is 16.0 Å². The Hall–Kier alpha value is -1.53. The van der Waals surface area contributed by atoms with Crippen LogP contribution >= 0.6 is 23.2 Å². The van der Waals surface area contributed by atoms with Crippen LogP contribution in [0.15, 0.2) is 12.1 Å². The van der Waals surface area contributed by atoms with Crippen LogP contribution in [0.1, 0.15) is 31.4 Å². The molecule has 1 aliphatic heterocycles. The lowest BCUT2D eigenvalue weighted by Gasteiger charge is -2.24. The molecule has 0 bridgehead atoms. The van der Waals surface area contributed by atoms with Gasteiger partial charge in [-0.15, -0.1) is 0 Å². The summed E-state index contributed by atoms with van der Waals surface area (Å²) >= 11 is 11.6. The van der Waals surface area contributed by atoms with E-state index >= 15 is 0 Å². The Morgan fingerprint density at radius 2 is 2.14 bits per heavy atom. The number of rotatable bonds is 3. The summed E-state index contributed by atoms with van der Waals surface area (Å²) in [6, 6.07) is 0.801. The maximum atomic E-state index is 14.0. The van der Waals surface area contributed by atoms with E-state index in [1.165, 1.54) is 17.0 Å². The number of urea groups is 1. The molecule has 5 nitrogen and oxygen atoms in total. The third-order valence-corrected chi connectivity index (χ3v) is 4.18. The van der Waals surface area contributed by atoms with Crippen molar-refractivity contribution in [3.05, 3.63) is 33.6 Å². The number of halogens is 3. The molecule has 2 atom stereocenters. The number of benzene rings is 1. The first-order valence-corrected chi connectivity index (χ1v) is 7.57. The van der Waals surface area contributed by atoms with E-state index in [1.807, 2.05) is 0 Å². The summed E-state index contributed by atoms with van der Waals surface area (Å²) in [5.74, 6) is -1.00. The number of nitrogens with two attached hydrogens (primary N) is 1. The molecule has 0 radical (unpaired) electrons. The summed E-state index contributed by atoms with van der Waals surface area (Å²) in [6.45, 7) is 2.06. The lowest BCUT2D eigenvalue weighted by molar-refractivity contribution is -0.125. The molecule has 8 heteroatoms. The average Bonchev–Trinajstić information content (AvgIpc) is 2.92. The number of amides is 3. The number of nitrogens with zero attached hydrogens (tertiary/aromatic N) is 1. The molecule has 1 aromatic rings. The molecule has 3 amide bonds. The summed E-state index contributed by atoms with van der Waals surface area (Å²) in [4.78, 5) is 24.9. The van der Waals surface area contributed by atoms with Crippen LogP contribution in [0.5, 0.6) is 0 Å². The van der Waals surface area contributed by atoms with Gasteiger partial charge in [-0.3, -0.25) is 4.79 Å². The summed E-state index contributed by atoms with van der Waals surface area (Å²) in [6.07, 6.45) is 1.23. The van der Waals surface area contributed by atoms with Crippen molar-refractivity contribution < 1.29 is 14.0 Å². The zero-order chi connectivity index (χ0) is 16.4. The van der Waals surface area contributed by atoms with E-state index in [2.05, 4.69) is 5.32 Å². The fourth-order valence-electron chi connectivity index (χ4n) is 2.58. The number of carbonyl (C=O) groups excluding carboxylic acids is 2. The van der Waals surface area contributed by atoms with Gasteiger partial charge in [0.2, 0.25) is 5.91 Å². The Balaban J connectivity index is 2.13. The number of hydrogen-bond acceptors (Lipinski definition) is 2. The average molecular weight is 348 g/mol. The SMILES string of the molecule is CC(NC(=O)[C@@H]1CCCN1C(N)=O)c1cc(Cl)cc(Cl)c1F. The van der Waals surface area contributed by atoms with Gasteiger partial charge >= 0.3 is 6.03 Å². The highest BCUT2D eigenvalue weighted by Crippen LogP contribution is 2.28. The van der Waals surface area contributed by atoms with E-state index in [-0.39, 0.29) is 21.5 Å². The first-order chi connectivity index (χ1) is 10.3. The van der Waals surface area contributed by atoms with Crippen LogP contribution in [0, 0.1) is 5.82 Å². The summed E-state index contributed by atoms with van der Waals surface area (Å²) in [5.41, 5.74) is 5.43. The lowest BCUT2D eigenvalue weighted by atomic mass is 10.1. The number of primary amides is 1. The van der Waals surface area contributed by atoms with E-state index in [4.69, 9.17) is 28.9 Å². The van der Waals surface area contributed by atoms with Gasteiger partial charge in [0, 0.05) is 17.1 Å². The zero-order valence-corrected chi connectivity index (χ0v) is 13.4. The molecule has 2 rings (SSSR count). The van der Waals surface area contributed by atoms with Crippen LogP contribution in [0.4, 0.5) is 9.18 Å². The topological polar surface area (TPSA) is 75.4 Å². The third kappa shape index (κ3) is 3.44. The Morgan fingerprint density at radius 1 is 1.45 bits per heavy atom. The molecule has 1 aliphatic rings. The highest BCUT2D eigenvalue weighted by molar-refractivity contribution is 6.34. The van der Waals surface area contributed by atoms with E-state index in [0.29, 0.717) is 19.4 Å². The standard InChI is InChI=1S/C14H16Cl2FN3O2/c1-7(9-5-8(15)6-10(16)12(9)17)19-13(21)11-3-2-4-20(11)14(18)22/h5-7,11H,2-4H2,1H3,(H2,18,22)(H,19,21)/t7?,11-/m0/s1. The van der Waals surface area contributed by atoms with Gasteiger partial charge in [0.1, 0.15) is 11.9 Å². The summed E-state index contributed by atoms with van der Waals surface area (Å²) in [7, 11) is 0. The molecule has 0 aliphatic carbocycles. The highest BCUT2D eigenvalue weighted by Gasteiger charge is 2.33. The Labute approximate surface area is 137 Å². The van der Waals surface area contributed by atoms with Crippen molar-refractivity contribution in [3.63, 3.8) is 0 Å². The smallest absolute Gasteiger partial charge is 0.315 e. The predicted octanol–water partition coefficient (Wildman–Crippen LogP) is 2.85. The lowest BCUT2D eigenvalue weighted by Crippen LogP contribution is -2.48. The van der Waals surface area contributed by atoms with E-state index in [1.54, 1.807) is 6.92 Å². The van der Waals surface area contributed by atoms with Gasteiger partial charge in [-0.2, -0.15) is 0 Å². The number of carbonyl (C=O) groups is 2. The number of likely N-dealkylation sites (tertiary alicyclic amines) is 1. The molecule has 0 saturated carbocycles. The highest BCUT2D eigenvalue weighted by atomic mass is 35.5. The number of nitrogens with one attached hydrogen (secondary N) is 1. The molecular weight excluding hydrogens is 332 g/mol. The first-order valence-electron chi connectivity index (χ1n) is 6.82. The van der Waals surface area contributed by atoms with Crippen molar-refractivity contribution in [3.8, 4) is 0 Å². The maximum absolute atomic E-state index is 14.0. The van der Waals surface area contributed by atoms with Gasteiger partial charge in [0.05, 0.1) is 11.1 Å². The van der Waals surface area contributed by atoms with E-state index in [0.717, 1.165) is 0 Å². The Kier molecular flexibility index (Phi) is 5.13. The third-order valence-electron chi connectivity index (χ3n) is 3.68. The monoisotopic (exact) mass is 347 g/mol. The van der Waals surface area contributed by atoms with Crippen molar-refractivity contribution in [2.45, 2.75) is 31.8 Å². The second-order valence-electron chi connectivity index (χ2n) is 5.21. The largest absolute Gasteiger partial charge is 0.351 e. The molecule has 1 unspecified atom stereocenters. The van der Waals surface area contributed by atoms with Crippen molar-refractivity contribution in [1.29, 1.82) is 0 Å². The van der Waals surface area contributed by atoms with Gasteiger partial charge in [-0.05, 0) is 31.9 Å². The van der Waals surface area contributed by atoms with Crippen LogP contribution in [0.25, 0.3) is 0 Å². The second-order valence-corrected chi connectivity index (χ2v) is 6.05. The van der Waals surface area contributed by atoms with E-state index < -0.39 is 23.9 Å². The molecule has 1 aromatic carbocycles. The Morgan fingerprint density at radius 3 is 2.77 bits per heavy atom. The Bertz CT molecular complexity index is 612. The fraction of sp³-hybridized carbons (Fsp3) is 0.429. The van der Waals surface area contributed by atoms with Gasteiger partial charge in [-0.1, -0.05) is 23.2 Å². The maximum Gasteiger partial charge on any atom is 0.315 e. The summed E-state index contributed by atoms with van der Waals surface area (Å²) < 4.78 is 14.0. The second kappa shape index (κ2) is 6.71. The van der Waals surface area contributed by atoms with Crippen molar-refractivity contribution in [1.82, 2.24) is 10.2 Å². The molecule has 1 heterocycles. The molecule has 1 saturated heterocycles. The molecule has 1 fully saturated rings. The molecular formula is C14H16Cl2FN3O2. The molecule has 0 aromatic heterocycles. The van der Waals surface area contributed by atoms with Crippen molar-refractivity contribution >= 4 is 35.1 Å².